The molecule has 0 aliphatic heterocycles. The van der Waals surface area contributed by atoms with Crippen molar-refractivity contribution in [2.24, 2.45) is 56.2 Å². The molecule has 4 heteroatoms. The van der Waals surface area contributed by atoms with Gasteiger partial charge in [0, 0.05) is 24.2 Å². The minimum atomic E-state index is -0.737. The van der Waals surface area contributed by atoms with E-state index in [9.17, 15) is 19.5 Å². The molecule has 5 saturated carbocycles. The van der Waals surface area contributed by atoms with E-state index >= 15 is 0 Å². The zero-order valence-electron chi connectivity index (χ0n) is 22.6. The normalized spacial score (nSPS) is 51.5. The lowest BCUT2D eigenvalue weighted by atomic mass is 9.31. The lowest BCUT2D eigenvalue weighted by molar-refractivity contribution is -0.235. The monoisotopic (exact) mass is 470 g/mol. The van der Waals surface area contributed by atoms with Crippen LogP contribution in [-0.2, 0) is 14.4 Å². The van der Waals surface area contributed by atoms with Crippen LogP contribution in [0.1, 0.15) is 113 Å². The van der Waals surface area contributed by atoms with E-state index in [1.165, 1.54) is 0 Å². The maximum atomic E-state index is 14.2. The number of fused-ring (bicyclic) bond motifs is 7. The molecule has 8 atom stereocenters. The summed E-state index contributed by atoms with van der Waals surface area (Å²) >= 11 is 0. The number of hydrogen-bond acceptors (Lipinski definition) is 3. The fraction of sp³-hybridized carbons (Fsp3) is 0.900. The molecule has 0 radical (unpaired) electrons. The molecule has 4 nitrogen and oxygen atoms in total. The van der Waals surface area contributed by atoms with Gasteiger partial charge in [0.2, 0.25) is 0 Å². The van der Waals surface area contributed by atoms with Crippen LogP contribution in [-0.4, -0.2) is 22.6 Å². The van der Waals surface area contributed by atoms with Gasteiger partial charge in [0.1, 0.15) is 11.6 Å². The van der Waals surface area contributed by atoms with Crippen LogP contribution in [0.3, 0.4) is 0 Å². The average Bonchev–Trinajstić information content (AvgIpc) is 2.72. The van der Waals surface area contributed by atoms with Crippen LogP contribution in [0.15, 0.2) is 0 Å². The summed E-state index contributed by atoms with van der Waals surface area (Å²) in [6.07, 6.45) is 8.19. The predicted octanol–water partition coefficient (Wildman–Crippen LogP) is 6.70. The van der Waals surface area contributed by atoms with Gasteiger partial charge in [-0.1, -0.05) is 48.5 Å². The third kappa shape index (κ3) is 2.80. The Labute approximate surface area is 206 Å². The summed E-state index contributed by atoms with van der Waals surface area (Å²) in [5, 5.41) is 10.5. The third-order valence-corrected chi connectivity index (χ3v) is 13.2. The van der Waals surface area contributed by atoms with E-state index in [4.69, 9.17) is 0 Å². The molecule has 190 valence electrons. The Morgan fingerprint density at radius 2 is 1.47 bits per heavy atom. The van der Waals surface area contributed by atoms with E-state index in [-0.39, 0.29) is 44.8 Å². The van der Waals surface area contributed by atoms with Crippen LogP contribution in [0.4, 0.5) is 0 Å². The van der Waals surface area contributed by atoms with Crippen LogP contribution in [0, 0.1) is 56.2 Å². The van der Waals surface area contributed by atoms with E-state index in [1.54, 1.807) is 0 Å². The molecule has 0 aromatic carbocycles. The Bertz CT molecular complexity index is 947. The first-order chi connectivity index (χ1) is 15.6. The Morgan fingerprint density at radius 1 is 0.824 bits per heavy atom. The van der Waals surface area contributed by atoms with Crippen LogP contribution in [0.25, 0.3) is 0 Å². The lowest BCUT2D eigenvalue weighted by Gasteiger charge is -2.72. The molecule has 5 aliphatic carbocycles. The predicted molar refractivity (Wildman–Crippen MR) is 132 cm³/mol. The van der Waals surface area contributed by atoms with Crippen molar-refractivity contribution >= 4 is 17.5 Å². The first kappa shape index (κ1) is 24.5. The summed E-state index contributed by atoms with van der Waals surface area (Å²) in [5.41, 5.74) is -1.17. The fourth-order valence-electron chi connectivity index (χ4n) is 10.9. The Morgan fingerprint density at radius 3 is 2.12 bits per heavy atom. The first-order valence-electron chi connectivity index (χ1n) is 13.8. The Hall–Kier alpha value is -1.19. The fourth-order valence-corrected chi connectivity index (χ4v) is 10.9. The summed E-state index contributed by atoms with van der Waals surface area (Å²) in [6.45, 7) is 16.0. The highest BCUT2D eigenvalue weighted by Gasteiger charge is 2.73. The van der Waals surface area contributed by atoms with Crippen molar-refractivity contribution in [3.8, 4) is 0 Å². The second-order valence-corrected chi connectivity index (χ2v) is 15.2. The number of ketones is 2. The topological polar surface area (TPSA) is 71.4 Å². The van der Waals surface area contributed by atoms with Crippen LogP contribution in [0.2, 0.25) is 0 Å². The molecule has 0 heterocycles. The minimum absolute atomic E-state index is 0.000449. The highest BCUT2D eigenvalue weighted by atomic mass is 16.4. The molecular formula is C30H46O4. The largest absolute Gasteiger partial charge is 0.481 e. The first-order valence-corrected chi connectivity index (χ1v) is 13.8. The van der Waals surface area contributed by atoms with E-state index in [0.29, 0.717) is 43.2 Å². The second kappa shape index (κ2) is 6.97. The Kier molecular flexibility index (Phi) is 5.02. The van der Waals surface area contributed by atoms with Crippen molar-refractivity contribution in [2.75, 3.05) is 0 Å². The number of carboxylic acid groups (broad SMARTS) is 1. The van der Waals surface area contributed by atoms with Crippen LogP contribution in [0.5, 0.6) is 0 Å². The van der Waals surface area contributed by atoms with Gasteiger partial charge in [0.15, 0.2) is 0 Å². The van der Waals surface area contributed by atoms with Crippen LogP contribution >= 0.6 is 0 Å². The van der Waals surface area contributed by atoms with Gasteiger partial charge in [0.05, 0.1) is 5.41 Å². The van der Waals surface area contributed by atoms with Gasteiger partial charge in [-0.2, -0.15) is 0 Å². The summed E-state index contributed by atoms with van der Waals surface area (Å²) in [7, 11) is 0. The van der Waals surface area contributed by atoms with E-state index in [2.05, 4.69) is 48.5 Å². The molecule has 0 aromatic heterocycles. The number of carbonyl (C=O) groups is 3. The van der Waals surface area contributed by atoms with Gasteiger partial charge in [-0.15, -0.1) is 0 Å². The molecular weight excluding hydrogens is 424 g/mol. The van der Waals surface area contributed by atoms with E-state index in [1.807, 2.05) is 0 Å². The molecule has 0 saturated heterocycles. The van der Waals surface area contributed by atoms with Gasteiger partial charge in [-0.3, -0.25) is 14.4 Å². The molecule has 1 unspecified atom stereocenters. The van der Waals surface area contributed by atoms with Gasteiger partial charge < -0.3 is 5.11 Å². The lowest BCUT2D eigenvalue weighted by Crippen LogP contribution is -2.69. The van der Waals surface area contributed by atoms with Crippen molar-refractivity contribution in [1.29, 1.82) is 0 Å². The number of rotatable bonds is 1. The summed E-state index contributed by atoms with van der Waals surface area (Å²) in [4.78, 5) is 39.9. The molecule has 0 bridgehead atoms. The van der Waals surface area contributed by atoms with Crippen molar-refractivity contribution < 1.29 is 19.5 Å². The van der Waals surface area contributed by atoms with Gasteiger partial charge in [-0.25, -0.2) is 0 Å². The molecule has 5 rings (SSSR count). The zero-order chi connectivity index (χ0) is 25.1. The molecule has 0 spiro atoms. The number of aliphatic carboxylic acids is 1. The van der Waals surface area contributed by atoms with E-state index in [0.717, 1.165) is 38.5 Å². The standard InChI is InChI=1S/C30H46O4/c1-25(2)12-14-30(24(33)34)15-13-29(7)23(18(30)17-25)19(31)16-21-27(5)10-9-22(32)26(3,4)20(27)8-11-28(21,29)6/h18,20-21,23H,8-17H2,1-7H3,(H,33,34)/t18-,20-,21+,23-,27?,28+,29+,30-/m0/s1. The highest BCUT2D eigenvalue weighted by Crippen LogP contribution is 2.76. The van der Waals surface area contributed by atoms with Crippen molar-refractivity contribution in [1.82, 2.24) is 0 Å². The van der Waals surface area contributed by atoms with Crippen molar-refractivity contribution in [2.45, 2.75) is 113 Å². The molecule has 0 amide bonds. The van der Waals surface area contributed by atoms with Gasteiger partial charge >= 0.3 is 5.97 Å². The molecule has 0 aromatic rings. The van der Waals surface area contributed by atoms with E-state index < -0.39 is 11.4 Å². The SMILES string of the molecule is CC1(C)CC[C@]2(C(=O)O)CC[C@]3(C)[C@H](C(=O)C[C@@H]4C5(C)CCC(=O)C(C)(C)[C@@H]5CC[C@]43C)[C@@H]2C1. The van der Waals surface area contributed by atoms with Gasteiger partial charge in [0.25, 0.3) is 0 Å². The number of carboxylic acids is 1. The molecule has 34 heavy (non-hydrogen) atoms. The summed E-state index contributed by atoms with van der Waals surface area (Å²) in [5.74, 6) is 0.423. The maximum absolute atomic E-state index is 14.2. The minimum Gasteiger partial charge on any atom is -0.481 e. The third-order valence-electron chi connectivity index (χ3n) is 13.2. The highest BCUT2D eigenvalue weighted by molar-refractivity contribution is 5.87. The van der Waals surface area contributed by atoms with Crippen molar-refractivity contribution in [3.05, 3.63) is 0 Å². The number of hydrogen-bond donors (Lipinski definition) is 1. The maximum Gasteiger partial charge on any atom is 0.309 e. The summed E-state index contributed by atoms with van der Waals surface area (Å²) < 4.78 is 0. The molecule has 1 N–H and O–H groups in total. The van der Waals surface area contributed by atoms with Gasteiger partial charge in [-0.05, 0) is 90.8 Å². The number of Topliss-reactive ketones (excluding diaryl/α,β-unsaturated/α-hetero) is 2. The number of carbonyl (C=O) groups excluding carboxylic acids is 2. The van der Waals surface area contributed by atoms with Crippen LogP contribution < -0.4 is 0 Å². The molecule has 5 aliphatic rings. The average molecular weight is 471 g/mol. The quantitative estimate of drug-likeness (QED) is 0.463. The second-order valence-electron chi connectivity index (χ2n) is 15.2. The smallest absolute Gasteiger partial charge is 0.309 e. The zero-order valence-corrected chi connectivity index (χ0v) is 22.6. The molecule has 5 fully saturated rings. The van der Waals surface area contributed by atoms with Crippen molar-refractivity contribution in [3.63, 3.8) is 0 Å². The summed E-state index contributed by atoms with van der Waals surface area (Å²) in [6, 6.07) is 0. The Balaban J connectivity index is 1.60.